The van der Waals surface area contributed by atoms with Crippen LogP contribution >= 0.6 is 23.1 Å². The standard InChI is InChI=1S/C26H28F2N4O4S2/c1-5-10-32-23(15(3)36-19-9-7-16(27)12-18(19)28)30-31-26(32)37-13-21(33)29-24-22(25(34)35-4)17-8-6-14(2)11-20(17)38-24/h5,7,9,12,14-15H,1,6,8,10-11,13H2,2-4H3,(H,29,33). The molecule has 3 aromatic rings. The van der Waals surface area contributed by atoms with E-state index in [2.05, 4.69) is 29.0 Å². The second-order valence-electron chi connectivity index (χ2n) is 8.96. The predicted octanol–water partition coefficient (Wildman–Crippen LogP) is 5.59. The molecular formula is C26H28F2N4O4S2. The molecule has 1 N–H and O–H groups in total. The van der Waals surface area contributed by atoms with E-state index >= 15 is 0 Å². The number of amides is 1. The minimum Gasteiger partial charge on any atom is -0.480 e. The Morgan fingerprint density at radius 2 is 2.16 bits per heavy atom. The average Bonchev–Trinajstić information content (AvgIpc) is 3.44. The number of ether oxygens (including phenoxy) is 2. The van der Waals surface area contributed by atoms with Crippen LogP contribution in [0.25, 0.3) is 0 Å². The summed E-state index contributed by atoms with van der Waals surface area (Å²) in [6, 6.07) is 3.06. The zero-order chi connectivity index (χ0) is 27.4. The number of carbonyl (C=O) groups excluding carboxylic acids is 2. The maximum absolute atomic E-state index is 14.1. The van der Waals surface area contributed by atoms with Crippen molar-refractivity contribution >= 4 is 40.0 Å². The Bertz CT molecular complexity index is 1360. The fourth-order valence-electron chi connectivity index (χ4n) is 4.27. The summed E-state index contributed by atoms with van der Waals surface area (Å²) >= 11 is 2.58. The van der Waals surface area contributed by atoms with E-state index in [0.29, 0.717) is 34.0 Å². The molecule has 1 aliphatic rings. The lowest BCUT2D eigenvalue weighted by Gasteiger charge is -2.18. The third-order valence-corrected chi connectivity index (χ3v) is 8.24. The number of thiophene rings is 1. The SMILES string of the molecule is C=CCn1c(SCC(=O)Nc2sc3c(c2C(=O)OC)CCC(C)C3)nnc1C(C)Oc1ccc(F)cc1F. The molecule has 2 atom stereocenters. The maximum atomic E-state index is 14.1. The molecule has 2 heterocycles. The van der Waals surface area contributed by atoms with Crippen LogP contribution in [-0.2, 0) is 28.9 Å². The Labute approximate surface area is 227 Å². The van der Waals surface area contributed by atoms with Gasteiger partial charge >= 0.3 is 5.97 Å². The van der Waals surface area contributed by atoms with E-state index in [1.807, 2.05) is 0 Å². The summed E-state index contributed by atoms with van der Waals surface area (Å²) in [5.74, 6) is -1.49. The van der Waals surface area contributed by atoms with Crippen molar-refractivity contribution in [2.24, 2.45) is 5.92 Å². The number of aromatic nitrogens is 3. The van der Waals surface area contributed by atoms with Gasteiger partial charge in [-0.2, -0.15) is 0 Å². The number of methoxy groups -OCH3 is 1. The van der Waals surface area contributed by atoms with E-state index in [9.17, 15) is 18.4 Å². The van der Waals surface area contributed by atoms with Crippen molar-refractivity contribution < 1.29 is 27.8 Å². The second kappa shape index (κ2) is 12.1. The molecule has 1 aromatic carbocycles. The Kier molecular flexibility index (Phi) is 8.83. The molecule has 12 heteroatoms. The smallest absolute Gasteiger partial charge is 0.341 e. The van der Waals surface area contributed by atoms with Gasteiger partial charge in [0.05, 0.1) is 18.4 Å². The number of nitrogens with zero attached hydrogens (tertiary/aromatic N) is 3. The molecule has 2 unspecified atom stereocenters. The molecule has 0 aliphatic heterocycles. The first kappa shape index (κ1) is 27.8. The molecular weight excluding hydrogens is 534 g/mol. The lowest BCUT2D eigenvalue weighted by Crippen LogP contribution is -2.17. The topological polar surface area (TPSA) is 95.3 Å². The van der Waals surface area contributed by atoms with Crippen molar-refractivity contribution in [3.05, 3.63) is 64.3 Å². The van der Waals surface area contributed by atoms with Gasteiger partial charge in [-0.15, -0.1) is 28.1 Å². The highest BCUT2D eigenvalue weighted by molar-refractivity contribution is 7.99. The van der Waals surface area contributed by atoms with E-state index in [1.54, 1.807) is 17.6 Å². The van der Waals surface area contributed by atoms with E-state index in [4.69, 9.17) is 9.47 Å². The van der Waals surface area contributed by atoms with Crippen LogP contribution in [0.3, 0.4) is 0 Å². The summed E-state index contributed by atoms with van der Waals surface area (Å²) in [4.78, 5) is 26.5. The monoisotopic (exact) mass is 562 g/mol. The summed E-state index contributed by atoms with van der Waals surface area (Å²) in [6.07, 6.45) is 3.55. The lowest BCUT2D eigenvalue weighted by molar-refractivity contribution is -0.113. The van der Waals surface area contributed by atoms with E-state index in [1.165, 1.54) is 24.5 Å². The minimum atomic E-state index is -0.825. The Hall–Kier alpha value is -3.25. The van der Waals surface area contributed by atoms with Crippen molar-refractivity contribution in [1.82, 2.24) is 14.8 Å². The highest BCUT2D eigenvalue weighted by atomic mass is 32.2. The number of fused-ring (bicyclic) bond motifs is 1. The average molecular weight is 563 g/mol. The number of allylic oxidation sites excluding steroid dienone is 1. The van der Waals surface area contributed by atoms with Crippen LogP contribution in [0.4, 0.5) is 13.8 Å². The summed E-state index contributed by atoms with van der Waals surface area (Å²) < 4.78 is 39.6. The quantitative estimate of drug-likeness (QED) is 0.196. The maximum Gasteiger partial charge on any atom is 0.341 e. The zero-order valence-corrected chi connectivity index (χ0v) is 22.9. The summed E-state index contributed by atoms with van der Waals surface area (Å²) in [5, 5.41) is 12.2. The van der Waals surface area contributed by atoms with E-state index in [-0.39, 0.29) is 17.4 Å². The molecule has 0 bridgehead atoms. The molecule has 1 aliphatic carbocycles. The Balaban J connectivity index is 1.47. The first-order valence-electron chi connectivity index (χ1n) is 12.0. The van der Waals surface area contributed by atoms with Gasteiger partial charge in [0, 0.05) is 17.5 Å². The van der Waals surface area contributed by atoms with Gasteiger partial charge in [0.1, 0.15) is 10.8 Å². The zero-order valence-electron chi connectivity index (χ0n) is 21.3. The number of thioether (sulfide) groups is 1. The molecule has 1 amide bonds. The second-order valence-corrected chi connectivity index (χ2v) is 11.0. The highest BCUT2D eigenvalue weighted by Gasteiger charge is 2.29. The molecule has 4 rings (SSSR count). The van der Waals surface area contributed by atoms with Crippen molar-refractivity contribution in [2.45, 2.75) is 50.9 Å². The number of hydrogen-bond donors (Lipinski definition) is 1. The molecule has 0 saturated heterocycles. The molecule has 0 radical (unpaired) electrons. The first-order valence-corrected chi connectivity index (χ1v) is 13.8. The van der Waals surface area contributed by atoms with Crippen molar-refractivity contribution in [3.8, 4) is 5.75 Å². The van der Waals surface area contributed by atoms with Gasteiger partial charge in [-0.05, 0) is 49.8 Å². The van der Waals surface area contributed by atoms with Crippen LogP contribution in [0.5, 0.6) is 5.75 Å². The Morgan fingerprint density at radius 1 is 1.37 bits per heavy atom. The number of rotatable bonds is 10. The Morgan fingerprint density at radius 3 is 2.87 bits per heavy atom. The van der Waals surface area contributed by atoms with Crippen LogP contribution in [-0.4, -0.2) is 39.5 Å². The van der Waals surface area contributed by atoms with Gasteiger partial charge in [-0.3, -0.25) is 9.36 Å². The number of esters is 1. The van der Waals surface area contributed by atoms with Gasteiger partial charge < -0.3 is 14.8 Å². The normalized spacial score (nSPS) is 15.4. The highest BCUT2D eigenvalue weighted by Crippen LogP contribution is 2.40. The molecule has 2 aromatic heterocycles. The largest absolute Gasteiger partial charge is 0.480 e. The molecule has 0 saturated carbocycles. The van der Waals surface area contributed by atoms with Crippen molar-refractivity contribution in [3.63, 3.8) is 0 Å². The number of hydrogen-bond acceptors (Lipinski definition) is 8. The summed E-state index contributed by atoms with van der Waals surface area (Å²) in [6.45, 7) is 7.92. The van der Waals surface area contributed by atoms with Crippen LogP contribution in [0.15, 0.2) is 36.0 Å². The first-order chi connectivity index (χ1) is 18.2. The van der Waals surface area contributed by atoms with Crippen LogP contribution in [0.2, 0.25) is 0 Å². The third kappa shape index (κ3) is 6.07. The van der Waals surface area contributed by atoms with Gasteiger partial charge in [-0.25, -0.2) is 13.6 Å². The summed E-state index contributed by atoms with van der Waals surface area (Å²) in [7, 11) is 1.33. The van der Waals surface area contributed by atoms with Crippen LogP contribution in [0.1, 0.15) is 53.0 Å². The number of nitrogens with one attached hydrogen (secondary N) is 1. The van der Waals surface area contributed by atoms with Gasteiger partial charge in [0.2, 0.25) is 5.91 Å². The van der Waals surface area contributed by atoms with Gasteiger partial charge in [-0.1, -0.05) is 24.8 Å². The van der Waals surface area contributed by atoms with Gasteiger partial charge in [0.25, 0.3) is 0 Å². The number of benzene rings is 1. The van der Waals surface area contributed by atoms with Crippen molar-refractivity contribution in [2.75, 3.05) is 18.2 Å². The predicted molar refractivity (Wildman–Crippen MR) is 142 cm³/mol. The molecule has 0 fully saturated rings. The van der Waals surface area contributed by atoms with Crippen molar-refractivity contribution in [1.29, 1.82) is 0 Å². The molecule has 38 heavy (non-hydrogen) atoms. The molecule has 8 nitrogen and oxygen atoms in total. The molecule has 202 valence electrons. The van der Waals surface area contributed by atoms with Crippen LogP contribution < -0.4 is 10.1 Å². The lowest BCUT2D eigenvalue weighted by atomic mass is 9.88. The van der Waals surface area contributed by atoms with E-state index in [0.717, 1.165) is 53.6 Å². The third-order valence-electron chi connectivity index (χ3n) is 6.10. The number of carbonyl (C=O) groups is 2. The minimum absolute atomic E-state index is 0.0106. The fraction of sp³-hybridized carbons (Fsp3) is 0.385. The van der Waals surface area contributed by atoms with E-state index < -0.39 is 23.7 Å². The fourth-order valence-corrected chi connectivity index (χ4v) is 6.44. The van der Waals surface area contributed by atoms with Crippen LogP contribution in [0, 0.1) is 17.6 Å². The number of anilines is 1. The van der Waals surface area contributed by atoms with Gasteiger partial charge in [0.15, 0.2) is 28.7 Å². The summed E-state index contributed by atoms with van der Waals surface area (Å²) in [5.41, 5.74) is 1.40. The molecule has 0 spiro atoms. The number of halogens is 2.